The highest BCUT2D eigenvalue weighted by molar-refractivity contribution is 8.00. The monoisotopic (exact) mass is 481 g/mol. The lowest BCUT2D eigenvalue weighted by Crippen LogP contribution is -2.20. The Morgan fingerprint density at radius 1 is 1.00 bits per heavy atom. The van der Waals surface area contributed by atoms with Crippen LogP contribution in [0.3, 0.4) is 0 Å². The van der Waals surface area contributed by atoms with Gasteiger partial charge >= 0.3 is 6.18 Å². The first-order valence-corrected chi connectivity index (χ1v) is 12.4. The van der Waals surface area contributed by atoms with Crippen LogP contribution in [-0.4, -0.2) is 34.8 Å². The largest absolute Gasteiger partial charge is 0.416 e. The van der Waals surface area contributed by atoms with E-state index in [1.165, 1.54) is 30.0 Å². The summed E-state index contributed by atoms with van der Waals surface area (Å²) >= 11 is 1.20. The average Bonchev–Trinajstić information content (AvgIpc) is 2.60. The van der Waals surface area contributed by atoms with Gasteiger partial charge in [0.25, 0.3) is 10.0 Å². The van der Waals surface area contributed by atoms with Crippen molar-refractivity contribution in [2.45, 2.75) is 16.0 Å². The summed E-state index contributed by atoms with van der Waals surface area (Å²) < 4.78 is 91.7. The first kappa shape index (κ1) is 22.2. The molecule has 2 aromatic carbocycles. The Bertz CT molecular complexity index is 1230. The van der Waals surface area contributed by atoms with E-state index in [1.807, 2.05) is 9.44 Å². The van der Waals surface area contributed by atoms with Gasteiger partial charge in [0, 0.05) is 4.90 Å². The van der Waals surface area contributed by atoms with Crippen molar-refractivity contribution < 1.29 is 34.8 Å². The Hall–Kier alpha value is -2.45. The van der Waals surface area contributed by atoms with Crippen LogP contribution in [0.2, 0.25) is 0 Å². The number of rotatable bonds is 5. The first-order valence-electron chi connectivity index (χ1n) is 8.03. The summed E-state index contributed by atoms with van der Waals surface area (Å²) in [5, 5.41) is 2.52. The third-order valence-corrected chi connectivity index (χ3v) is 6.81. The minimum absolute atomic E-state index is 0.169. The summed E-state index contributed by atoms with van der Waals surface area (Å²) in [6.45, 7) is 0. The van der Waals surface area contributed by atoms with Crippen LogP contribution in [0.5, 0.6) is 0 Å². The standard InChI is InChI=1S/C16H14F3N3O5S3/c1-29(24,25)21-11-4-2-9(16(17,18)19)6-12(11)22-30(26,27)10-3-5-14-13(7-10)20-15(23)8-28-14/h2-7,21-22H,8H2,1H3,(H,20,23). The van der Waals surface area contributed by atoms with Crippen LogP contribution >= 0.6 is 11.8 Å². The maximum absolute atomic E-state index is 13.1. The number of sulfonamides is 2. The smallest absolute Gasteiger partial charge is 0.324 e. The third-order valence-electron chi connectivity index (χ3n) is 3.78. The predicted octanol–water partition coefficient (Wildman–Crippen LogP) is 2.92. The van der Waals surface area contributed by atoms with Crippen LogP contribution in [0.25, 0.3) is 0 Å². The zero-order chi connectivity index (χ0) is 22.3. The van der Waals surface area contributed by atoms with Gasteiger partial charge in [-0.25, -0.2) is 16.8 Å². The minimum atomic E-state index is -4.78. The number of halogens is 3. The second kappa shape index (κ2) is 7.67. The highest BCUT2D eigenvalue weighted by atomic mass is 32.2. The van der Waals surface area contributed by atoms with Crippen LogP contribution in [0.4, 0.5) is 30.2 Å². The van der Waals surface area contributed by atoms with Crippen LogP contribution < -0.4 is 14.8 Å². The fourth-order valence-corrected chi connectivity index (χ4v) is 4.99. The zero-order valence-corrected chi connectivity index (χ0v) is 17.5. The van der Waals surface area contributed by atoms with Crippen molar-refractivity contribution in [3.8, 4) is 0 Å². The van der Waals surface area contributed by atoms with Gasteiger partial charge in [-0.3, -0.25) is 14.2 Å². The predicted molar refractivity (Wildman–Crippen MR) is 107 cm³/mol. The molecule has 3 N–H and O–H groups in total. The normalized spacial score (nSPS) is 14.6. The van der Waals surface area contributed by atoms with Crippen LogP contribution in [0.15, 0.2) is 46.2 Å². The van der Waals surface area contributed by atoms with E-state index >= 15 is 0 Å². The molecule has 30 heavy (non-hydrogen) atoms. The topological polar surface area (TPSA) is 121 Å². The number of hydrogen-bond acceptors (Lipinski definition) is 6. The molecule has 0 saturated heterocycles. The SMILES string of the molecule is CS(=O)(=O)Nc1ccc(C(F)(F)F)cc1NS(=O)(=O)c1ccc2c(c1)NC(=O)CS2. The van der Waals surface area contributed by atoms with Gasteiger partial charge in [0.15, 0.2) is 0 Å². The van der Waals surface area contributed by atoms with Crippen molar-refractivity contribution in [2.24, 2.45) is 0 Å². The number of anilines is 3. The third kappa shape index (κ3) is 5.17. The number of benzene rings is 2. The molecule has 0 aromatic heterocycles. The molecule has 0 fully saturated rings. The summed E-state index contributed by atoms with van der Waals surface area (Å²) in [7, 11) is -8.32. The van der Waals surface area contributed by atoms with Crippen molar-refractivity contribution in [2.75, 3.05) is 26.8 Å². The van der Waals surface area contributed by atoms with E-state index in [-0.39, 0.29) is 27.9 Å². The number of nitrogens with one attached hydrogen (secondary N) is 3. The van der Waals surface area contributed by atoms with E-state index in [2.05, 4.69) is 5.32 Å². The lowest BCUT2D eigenvalue weighted by Gasteiger charge is -2.18. The maximum atomic E-state index is 13.1. The van der Waals surface area contributed by atoms with Gasteiger partial charge in [0.2, 0.25) is 15.9 Å². The molecule has 1 amide bonds. The quantitative estimate of drug-likeness (QED) is 0.604. The summed E-state index contributed by atoms with van der Waals surface area (Å²) in [6, 6.07) is 5.77. The molecule has 0 atom stereocenters. The van der Waals surface area contributed by atoms with E-state index in [0.717, 1.165) is 12.3 Å². The van der Waals surface area contributed by atoms with Gasteiger partial charge < -0.3 is 5.32 Å². The van der Waals surface area contributed by atoms with E-state index < -0.39 is 37.5 Å². The molecule has 1 heterocycles. The summed E-state index contributed by atoms with van der Waals surface area (Å²) in [6.07, 6.45) is -4.01. The molecule has 8 nitrogen and oxygen atoms in total. The van der Waals surface area contributed by atoms with Gasteiger partial charge in [0.05, 0.1) is 39.5 Å². The Morgan fingerprint density at radius 2 is 1.70 bits per heavy atom. The van der Waals surface area contributed by atoms with Crippen molar-refractivity contribution >= 4 is 54.8 Å². The Balaban J connectivity index is 2.03. The fraction of sp³-hybridized carbons (Fsp3) is 0.188. The molecule has 14 heteroatoms. The highest BCUT2D eigenvalue weighted by Crippen LogP contribution is 2.37. The number of hydrogen-bond donors (Lipinski definition) is 3. The molecule has 0 unspecified atom stereocenters. The second-order valence-electron chi connectivity index (χ2n) is 6.23. The zero-order valence-electron chi connectivity index (χ0n) is 15.1. The number of carbonyl (C=O) groups is 1. The first-order chi connectivity index (χ1) is 13.7. The molecule has 2 aromatic rings. The number of alkyl halides is 3. The van der Waals surface area contributed by atoms with Gasteiger partial charge in [-0.15, -0.1) is 11.8 Å². The van der Waals surface area contributed by atoms with Crippen LogP contribution in [-0.2, 0) is 31.0 Å². The molecule has 0 bridgehead atoms. The van der Waals surface area contributed by atoms with E-state index in [4.69, 9.17) is 0 Å². The Labute approximate surface area is 174 Å². The van der Waals surface area contributed by atoms with Gasteiger partial charge in [-0.1, -0.05) is 0 Å². The maximum Gasteiger partial charge on any atom is 0.416 e. The van der Waals surface area contributed by atoms with Crippen molar-refractivity contribution in [1.29, 1.82) is 0 Å². The number of fused-ring (bicyclic) bond motifs is 1. The molecule has 1 aliphatic heterocycles. The highest BCUT2D eigenvalue weighted by Gasteiger charge is 2.32. The summed E-state index contributed by atoms with van der Waals surface area (Å²) in [5.41, 5.74) is -1.91. The Morgan fingerprint density at radius 3 is 2.33 bits per heavy atom. The van der Waals surface area contributed by atoms with Gasteiger partial charge in [-0.05, 0) is 36.4 Å². The number of thioether (sulfide) groups is 1. The lowest BCUT2D eigenvalue weighted by atomic mass is 10.2. The van der Waals surface area contributed by atoms with E-state index in [0.29, 0.717) is 17.0 Å². The molecule has 162 valence electrons. The molecule has 0 aliphatic carbocycles. The van der Waals surface area contributed by atoms with Crippen molar-refractivity contribution in [3.05, 3.63) is 42.0 Å². The fourth-order valence-electron chi connectivity index (χ4n) is 2.53. The minimum Gasteiger partial charge on any atom is -0.324 e. The number of carbonyl (C=O) groups excluding carboxylic acids is 1. The Kier molecular flexibility index (Phi) is 5.68. The molecule has 0 saturated carbocycles. The lowest BCUT2D eigenvalue weighted by molar-refractivity contribution is -0.137. The number of amides is 1. The average molecular weight is 481 g/mol. The van der Waals surface area contributed by atoms with Crippen molar-refractivity contribution in [1.82, 2.24) is 0 Å². The van der Waals surface area contributed by atoms with Gasteiger partial charge in [0.1, 0.15) is 0 Å². The van der Waals surface area contributed by atoms with E-state index in [9.17, 15) is 34.8 Å². The van der Waals surface area contributed by atoms with Crippen LogP contribution in [0, 0.1) is 0 Å². The molecular formula is C16H14F3N3O5S3. The molecule has 1 aliphatic rings. The van der Waals surface area contributed by atoms with Crippen molar-refractivity contribution in [3.63, 3.8) is 0 Å². The van der Waals surface area contributed by atoms with Gasteiger partial charge in [-0.2, -0.15) is 13.2 Å². The molecule has 0 radical (unpaired) electrons. The second-order valence-corrected chi connectivity index (χ2v) is 10.7. The molecule has 0 spiro atoms. The van der Waals surface area contributed by atoms with E-state index in [1.54, 1.807) is 0 Å². The van der Waals surface area contributed by atoms with Crippen LogP contribution in [0.1, 0.15) is 5.56 Å². The summed E-state index contributed by atoms with van der Waals surface area (Å²) in [4.78, 5) is 11.8. The molecule has 3 rings (SSSR count). The summed E-state index contributed by atoms with van der Waals surface area (Å²) in [5.74, 6) is -0.158. The molecular weight excluding hydrogens is 467 g/mol.